The van der Waals surface area contributed by atoms with Gasteiger partial charge < -0.3 is 0 Å². The maximum absolute atomic E-state index is 14.6. The molecule has 2 amide bonds. The Labute approximate surface area is 427 Å². The number of fused-ring (bicyclic) bond motifs is 1. The van der Waals surface area contributed by atoms with Crippen LogP contribution in [0.25, 0.3) is 19.5 Å². The van der Waals surface area contributed by atoms with Crippen molar-refractivity contribution in [1.29, 1.82) is 0 Å². The first-order valence-corrected chi connectivity index (χ1v) is 31.2. The SMILES string of the molecule is CCCCCCCCCCCCc1cc(-c2cc(CCCCCCCCCCCC)c(C(C)(CC)c3ccc(Br)s3)s2)sc1-c1sc(C(C)CC)c2c1C(=O)N(CCCCCCCC)C2=O. The van der Waals surface area contributed by atoms with E-state index in [1.165, 1.54) is 187 Å². The van der Waals surface area contributed by atoms with E-state index in [4.69, 9.17) is 0 Å². The van der Waals surface area contributed by atoms with Crippen LogP contribution < -0.4 is 0 Å². The molecule has 0 saturated carbocycles. The molecule has 8 heteroatoms. The van der Waals surface area contributed by atoms with Crippen LogP contribution in [-0.2, 0) is 18.3 Å². The Morgan fingerprint density at radius 3 is 1.52 bits per heavy atom. The zero-order valence-corrected chi connectivity index (χ0v) is 47.4. The monoisotopic (exact) mass is 1040 g/mol. The quantitative estimate of drug-likeness (QED) is 0.0336. The molecule has 0 N–H and O–H groups in total. The summed E-state index contributed by atoms with van der Waals surface area (Å²) in [5.41, 5.74) is 4.27. The summed E-state index contributed by atoms with van der Waals surface area (Å²) in [4.78, 5) is 39.6. The first-order valence-electron chi connectivity index (χ1n) is 27.2. The van der Waals surface area contributed by atoms with Gasteiger partial charge in [0.05, 0.1) is 19.8 Å². The average Bonchev–Trinajstić information content (AvgIpc) is 4.17. The maximum Gasteiger partial charge on any atom is 0.263 e. The maximum atomic E-state index is 14.6. The van der Waals surface area contributed by atoms with E-state index >= 15 is 0 Å². The number of thiophene rings is 4. The van der Waals surface area contributed by atoms with E-state index in [9.17, 15) is 9.59 Å². The zero-order chi connectivity index (χ0) is 47.3. The van der Waals surface area contributed by atoms with E-state index in [0.29, 0.717) is 12.1 Å². The smallest absolute Gasteiger partial charge is 0.263 e. The van der Waals surface area contributed by atoms with Gasteiger partial charge in [-0.3, -0.25) is 14.5 Å². The molecule has 66 heavy (non-hydrogen) atoms. The van der Waals surface area contributed by atoms with E-state index in [-0.39, 0.29) is 23.1 Å². The van der Waals surface area contributed by atoms with Crippen LogP contribution in [0.5, 0.6) is 0 Å². The molecule has 0 aromatic carbocycles. The number of aryl methyl sites for hydroxylation is 2. The van der Waals surface area contributed by atoms with Crippen molar-refractivity contribution in [2.45, 2.75) is 252 Å². The van der Waals surface area contributed by atoms with Gasteiger partial charge in [-0.1, -0.05) is 189 Å². The van der Waals surface area contributed by atoms with Crippen molar-refractivity contribution in [2.75, 3.05) is 6.54 Å². The van der Waals surface area contributed by atoms with Gasteiger partial charge in [0.25, 0.3) is 11.8 Å². The molecule has 5 rings (SSSR count). The Kier molecular flexibility index (Phi) is 24.8. The fraction of sp³-hybridized carbons (Fsp3) is 0.690. The standard InChI is InChI=1S/C58H88BrNO2S4/c1-8-13-16-19-22-24-26-28-30-33-36-44-41-46(63-53(44)54-51-50(52(66-54)43(6)11-4)56(61)60(57(51)62)40-35-32-21-18-15-10-3)47-42-45(37-34-31-29-27-25-23-20-17-14-9-2)55(64-47)58(7,12-5)48-38-39-49(59)65-48/h38-39,41-43H,8-37,40H2,1-7H3. The van der Waals surface area contributed by atoms with E-state index in [0.717, 1.165) is 60.3 Å². The highest BCUT2D eigenvalue weighted by Crippen LogP contribution is 2.53. The molecule has 2 unspecified atom stereocenters. The normalized spacial score (nSPS) is 14.2. The predicted molar refractivity (Wildman–Crippen MR) is 298 cm³/mol. The van der Waals surface area contributed by atoms with Crippen LogP contribution in [-0.4, -0.2) is 23.3 Å². The van der Waals surface area contributed by atoms with Crippen molar-refractivity contribution in [3.8, 4) is 19.5 Å². The summed E-state index contributed by atoms with van der Waals surface area (Å²) in [7, 11) is 0. The largest absolute Gasteiger partial charge is 0.274 e. The Morgan fingerprint density at radius 2 is 1.02 bits per heavy atom. The number of rotatable bonds is 36. The molecule has 4 aromatic heterocycles. The number of hydrogen-bond donors (Lipinski definition) is 0. The molecule has 0 fully saturated rings. The second kappa shape index (κ2) is 29.6. The van der Waals surface area contributed by atoms with Gasteiger partial charge >= 0.3 is 0 Å². The Morgan fingerprint density at radius 1 is 0.545 bits per heavy atom. The van der Waals surface area contributed by atoms with Crippen molar-refractivity contribution in [1.82, 2.24) is 4.90 Å². The van der Waals surface area contributed by atoms with Gasteiger partial charge in [0.2, 0.25) is 0 Å². The Bertz CT molecular complexity index is 2030. The number of halogens is 1. The van der Waals surface area contributed by atoms with Crippen molar-refractivity contribution in [3.05, 3.63) is 64.9 Å². The fourth-order valence-corrected chi connectivity index (χ4v) is 16.0. The number of carbonyl (C=O) groups is 2. The van der Waals surface area contributed by atoms with E-state index in [2.05, 4.69) is 88.7 Å². The number of amides is 2. The van der Waals surface area contributed by atoms with E-state index in [1.807, 2.05) is 34.0 Å². The zero-order valence-electron chi connectivity index (χ0n) is 42.6. The highest BCUT2D eigenvalue weighted by molar-refractivity contribution is 9.11. The molecular formula is C58H88BrNO2S4. The van der Waals surface area contributed by atoms with Crippen molar-refractivity contribution in [2.24, 2.45) is 0 Å². The van der Waals surface area contributed by atoms with E-state index in [1.54, 1.807) is 16.2 Å². The van der Waals surface area contributed by atoms with Crippen molar-refractivity contribution >= 4 is 73.1 Å². The topological polar surface area (TPSA) is 37.4 Å². The number of hydrogen-bond acceptors (Lipinski definition) is 6. The summed E-state index contributed by atoms with van der Waals surface area (Å²) in [6.07, 6.45) is 37.6. The molecule has 2 atom stereocenters. The van der Waals surface area contributed by atoms with Crippen LogP contribution in [0.2, 0.25) is 0 Å². The van der Waals surface area contributed by atoms with Crippen LogP contribution in [0.4, 0.5) is 0 Å². The lowest BCUT2D eigenvalue weighted by Gasteiger charge is -2.28. The molecule has 0 saturated heterocycles. The molecule has 0 aliphatic carbocycles. The van der Waals surface area contributed by atoms with Gasteiger partial charge in [-0.25, -0.2) is 0 Å². The second-order valence-electron chi connectivity index (χ2n) is 20.0. The lowest BCUT2D eigenvalue weighted by atomic mass is 9.81. The lowest BCUT2D eigenvalue weighted by Crippen LogP contribution is -2.31. The van der Waals surface area contributed by atoms with Crippen LogP contribution in [0.15, 0.2) is 28.1 Å². The molecule has 0 spiro atoms. The summed E-state index contributed by atoms with van der Waals surface area (Å²) in [5, 5.41) is 0. The van der Waals surface area contributed by atoms with Gasteiger partial charge in [0, 0.05) is 41.2 Å². The fourth-order valence-electron chi connectivity index (χ4n) is 9.97. The summed E-state index contributed by atoms with van der Waals surface area (Å²) in [6, 6.07) is 9.63. The summed E-state index contributed by atoms with van der Waals surface area (Å²) in [5.74, 6) is 0.125. The van der Waals surface area contributed by atoms with Crippen LogP contribution in [0, 0.1) is 0 Å². The number of imide groups is 1. The number of unbranched alkanes of at least 4 members (excludes halogenated alkanes) is 23. The predicted octanol–water partition coefficient (Wildman–Crippen LogP) is 21.1. The molecule has 3 nitrogen and oxygen atoms in total. The van der Waals surface area contributed by atoms with Crippen LogP contribution in [0.1, 0.15) is 281 Å². The lowest BCUT2D eigenvalue weighted by molar-refractivity contribution is 0.0651. The van der Waals surface area contributed by atoms with Gasteiger partial charge in [-0.2, -0.15) is 0 Å². The Balaban J connectivity index is 1.47. The molecule has 1 aliphatic heterocycles. The van der Waals surface area contributed by atoms with E-state index < -0.39 is 0 Å². The Hall–Kier alpha value is -1.58. The molecule has 0 radical (unpaired) electrons. The van der Waals surface area contributed by atoms with Crippen LogP contribution in [0.3, 0.4) is 0 Å². The minimum absolute atomic E-state index is 0.0482. The summed E-state index contributed by atoms with van der Waals surface area (Å²) >= 11 is 11.4. The third-order valence-corrected chi connectivity index (χ3v) is 20.9. The second-order valence-corrected chi connectivity index (χ2v) is 25.6. The van der Waals surface area contributed by atoms with Crippen LogP contribution >= 0.6 is 61.3 Å². The third kappa shape index (κ3) is 15.2. The highest BCUT2D eigenvalue weighted by atomic mass is 79.9. The average molecular weight is 1040 g/mol. The van der Waals surface area contributed by atoms with Gasteiger partial charge in [0.15, 0.2) is 0 Å². The molecule has 4 aromatic rings. The molecule has 0 bridgehead atoms. The molecule has 5 heterocycles. The molecular weight excluding hydrogens is 951 g/mol. The van der Waals surface area contributed by atoms with Gasteiger partial charge in [-0.05, 0) is 109 Å². The van der Waals surface area contributed by atoms with Crippen molar-refractivity contribution in [3.63, 3.8) is 0 Å². The molecule has 1 aliphatic rings. The summed E-state index contributed by atoms with van der Waals surface area (Å²) < 4.78 is 1.20. The van der Waals surface area contributed by atoms with Gasteiger partial charge in [0.1, 0.15) is 0 Å². The first kappa shape index (κ1) is 55.3. The third-order valence-electron chi connectivity index (χ3n) is 14.6. The first-order chi connectivity index (χ1) is 32.1. The minimum Gasteiger partial charge on any atom is -0.274 e. The molecule has 368 valence electrons. The van der Waals surface area contributed by atoms with Crippen molar-refractivity contribution < 1.29 is 9.59 Å². The number of carbonyl (C=O) groups excluding carboxylic acids is 2. The van der Waals surface area contributed by atoms with Gasteiger partial charge in [-0.15, -0.1) is 45.3 Å². The summed E-state index contributed by atoms with van der Waals surface area (Å²) in [6.45, 7) is 16.7. The number of nitrogens with zero attached hydrogens (tertiary/aromatic N) is 1. The minimum atomic E-state index is -0.0572. The highest BCUT2D eigenvalue weighted by Gasteiger charge is 2.43.